The molecule has 27 heavy (non-hydrogen) atoms. The van der Waals surface area contributed by atoms with Crippen LogP contribution in [-0.4, -0.2) is 37.0 Å². The lowest BCUT2D eigenvalue weighted by atomic mass is 10.0. The van der Waals surface area contributed by atoms with Crippen LogP contribution >= 0.6 is 11.3 Å². The highest BCUT2D eigenvalue weighted by atomic mass is 32.1. The van der Waals surface area contributed by atoms with Gasteiger partial charge in [-0.15, -0.1) is 11.3 Å². The molecule has 1 aromatic heterocycles. The third-order valence-electron chi connectivity index (χ3n) is 5.98. The van der Waals surface area contributed by atoms with Gasteiger partial charge in [-0.05, 0) is 74.4 Å². The molecule has 1 aliphatic heterocycles. The van der Waals surface area contributed by atoms with Crippen molar-refractivity contribution in [2.24, 2.45) is 0 Å². The third kappa shape index (κ3) is 4.03. The molecule has 4 rings (SSSR count). The van der Waals surface area contributed by atoms with Gasteiger partial charge in [0.05, 0.1) is 4.88 Å². The van der Waals surface area contributed by atoms with Gasteiger partial charge in [-0.3, -0.25) is 4.79 Å². The van der Waals surface area contributed by atoms with Crippen LogP contribution in [0.5, 0.6) is 0 Å². The summed E-state index contributed by atoms with van der Waals surface area (Å²) in [5.74, 6) is -0.0263. The van der Waals surface area contributed by atoms with Gasteiger partial charge in [-0.1, -0.05) is 6.42 Å². The van der Waals surface area contributed by atoms with Crippen LogP contribution in [0.3, 0.4) is 0 Å². The smallest absolute Gasteiger partial charge is 0.263 e. The second kappa shape index (κ2) is 8.01. The van der Waals surface area contributed by atoms with Gasteiger partial charge in [-0.25, -0.2) is 4.39 Å². The quantitative estimate of drug-likeness (QED) is 0.701. The van der Waals surface area contributed by atoms with E-state index in [1.54, 1.807) is 11.3 Å². The van der Waals surface area contributed by atoms with Crippen LogP contribution in [0.15, 0.2) is 30.3 Å². The number of rotatable bonds is 3. The van der Waals surface area contributed by atoms with Crippen LogP contribution in [0.25, 0.3) is 0 Å². The van der Waals surface area contributed by atoms with Gasteiger partial charge in [0, 0.05) is 36.7 Å². The monoisotopic (exact) mass is 386 g/mol. The van der Waals surface area contributed by atoms with Crippen molar-refractivity contribution in [2.45, 2.75) is 51.0 Å². The molecule has 3 nitrogen and oxygen atoms in total. The van der Waals surface area contributed by atoms with E-state index in [0.29, 0.717) is 0 Å². The predicted molar refractivity (Wildman–Crippen MR) is 109 cm³/mol. The fourth-order valence-corrected chi connectivity index (χ4v) is 5.51. The van der Waals surface area contributed by atoms with Gasteiger partial charge >= 0.3 is 0 Å². The Bertz CT molecular complexity index is 770. The maximum atomic E-state index is 13.1. The molecule has 0 radical (unpaired) electrons. The van der Waals surface area contributed by atoms with E-state index in [1.165, 1.54) is 41.8 Å². The van der Waals surface area contributed by atoms with Crippen molar-refractivity contribution in [3.63, 3.8) is 0 Å². The summed E-state index contributed by atoms with van der Waals surface area (Å²) in [7, 11) is 1.95. The molecule has 0 unspecified atom stereocenters. The first-order valence-electron chi connectivity index (χ1n) is 10.0. The van der Waals surface area contributed by atoms with Crippen LogP contribution in [0.2, 0.25) is 0 Å². The normalized spacial score (nSPS) is 18.1. The summed E-state index contributed by atoms with van der Waals surface area (Å²) in [6.07, 6.45) is 7.95. The standard InChI is InChI=1S/C22H27FN2OS/c1-24(22(26)21-15-16-5-3-2-4-6-20(16)27-21)18-11-13-25(14-12-18)19-9-7-17(23)8-10-19/h7-10,15,18H,2-6,11-14H2,1H3. The van der Waals surface area contributed by atoms with E-state index in [0.717, 1.165) is 49.3 Å². The van der Waals surface area contributed by atoms with Crippen molar-refractivity contribution in [3.8, 4) is 0 Å². The van der Waals surface area contributed by atoms with Crippen molar-refractivity contribution in [2.75, 3.05) is 25.0 Å². The minimum Gasteiger partial charge on any atom is -0.371 e. The van der Waals surface area contributed by atoms with Crippen LogP contribution in [0, 0.1) is 5.82 Å². The van der Waals surface area contributed by atoms with E-state index < -0.39 is 0 Å². The molecule has 0 spiro atoms. The van der Waals surface area contributed by atoms with Crippen molar-refractivity contribution in [1.82, 2.24) is 4.90 Å². The van der Waals surface area contributed by atoms with Crippen molar-refractivity contribution in [1.29, 1.82) is 0 Å². The molecule has 1 aliphatic carbocycles. The number of halogens is 1. The van der Waals surface area contributed by atoms with Crippen molar-refractivity contribution in [3.05, 3.63) is 51.5 Å². The zero-order chi connectivity index (χ0) is 18.8. The number of thiophene rings is 1. The second-order valence-electron chi connectivity index (χ2n) is 7.73. The first kappa shape index (κ1) is 18.5. The molecule has 0 atom stereocenters. The third-order valence-corrected chi connectivity index (χ3v) is 7.21. The largest absolute Gasteiger partial charge is 0.371 e. The Balaban J connectivity index is 1.38. The summed E-state index contributed by atoms with van der Waals surface area (Å²) in [6.45, 7) is 1.80. The van der Waals surface area contributed by atoms with E-state index in [4.69, 9.17) is 0 Å². The molecular formula is C22H27FN2OS. The van der Waals surface area contributed by atoms with E-state index in [-0.39, 0.29) is 17.8 Å². The Morgan fingerprint density at radius 1 is 1.11 bits per heavy atom. The molecule has 0 saturated carbocycles. The van der Waals surface area contributed by atoms with E-state index in [9.17, 15) is 9.18 Å². The number of benzene rings is 1. The van der Waals surface area contributed by atoms with E-state index in [1.807, 2.05) is 24.1 Å². The fourth-order valence-electron chi connectivity index (χ4n) is 4.28. The molecule has 1 saturated heterocycles. The Morgan fingerprint density at radius 2 is 1.81 bits per heavy atom. The molecule has 0 bridgehead atoms. The van der Waals surface area contributed by atoms with Gasteiger partial charge in [0.1, 0.15) is 5.82 Å². The number of carbonyl (C=O) groups excluding carboxylic acids is 1. The molecule has 144 valence electrons. The number of anilines is 1. The Morgan fingerprint density at radius 3 is 2.56 bits per heavy atom. The highest BCUT2D eigenvalue weighted by Crippen LogP contribution is 2.31. The molecule has 0 N–H and O–H groups in total. The zero-order valence-electron chi connectivity index (χ0n) is 15.9. The van der Waals surface area contributed by atoms with Gasteiger partial charge in [-0.2, -0.15) is 0 Å². The highest BCUT2D eigenvalue weighted by molar-refractivity contribution is 7.14. The summed E-state index contributed by atoms with van der Waals surface area (Å²) in [5.41, 5.74) is 2.46. The lowest BCUT2D eigenvalue weighted by molar-refractivity contribution is 0.0714. The molecule has 2 heterocycles. The molecule has 5 heteroatoms. The topological polar surface area (TPSA) is 23.6 Å². The molecular weight excluding hydrogens is 359 g/mol. The number of hydrogen-bond acceptors (Lipinski definition) is 3. The van der Waals surface area contributed by atoms with E-state index >= 15 is 0 Å². The maximum absolute atomic E-state index is 13.1. The Labute approximate surface area is 164 Å². The van der Waals surface area contributed by atoms with Crippen LogP contribution in [0.4, 0.5) is 10.1 Å². The SMILES string of the molecule is CN(C(=O)c1cc2c(s1)CCCCC2)C1CCN(c2ccc(F)cc2)CC1. The molecule has 2 aliphatic rings. The number of nitrogens with zero attached hydrogens (tertiary/aromatic N) is 2. The van der Waals surface area contributed by atoms with Crippen molar-refractivity contribution < 1.29 is 9.18 Å². The molecule has 1 amide bonds. The summed E-state index contributed by atoms with van der Waals surface area (Å²) in [6, 6.07) is 9.12. The number of carbonyl (C=O) groups is 1. The number of amides is 1. The lowest BCUT2D eigenvalue weighted by Crippen LogP contribution is -2.45. The number of aryl methyl sites for hydroxylation is 2. The van der Waals surface area contributed by atoms with Gasteiger partial charge in [0.15, 0.2) is 0 Å². The summed E-state index contributed by atoms with van der Waals surface area (Å²) in [4.78, 5) is 19.6. The van der Waals surface area contributed by atoms with Crippen LogP contribution < -0.4 is 4.90 Å². The first-order chi connectivity index (χ1) is 13.1. The van der Waals surface area contributed by atoms with Crippen molar-refractivity contribution >= 4 is 22.9 Å². The number of piperidine rings is 1. The van der Waals surface area contributed by atoms with Gasteiger partial charge in [0.2, 0.25) is 0 Å². The lowest BCUT2D eigenvalue weighted by Gasteiger charge is -2.37. The minimum atomic E-state index is -0.201. The van der Waals surface area contributed by atoms with E-state index in [2.05, 4.69) is 11.0 Å². The molecule has 1 aromatic carbocycles. The summed E-state index contributed by atoms with van der Waals surface area (Å²) >= 11 is 1.71. The average Bonchev–Trinajstić information content (AvgIpc) is 2.98. The molecule has 1 fully saturated rings. The summed E-state index contributed by atoms with van der Waals surface area (Å²) < 4.78 is 13.1. The zero-order valence-corrected chi connectivity index (χ0v) is 16.7. The predicted octanol–water partition coefficient (Wildman–Crippen LogP) is 4.90. The van der Waals surface area contributed by atoms with Crippen LogP contribution in [0.1, 0.15) is 52.2 Å². The second-order valence-corrected chi connectivity index (χ2v) is 8.87. The van der Waals surface area contributed by atoms with Gasteiger partial charge < -0.3 is 9.80 Å². The van der Waals surface area contributed by atoms with Crippen LogP contribution in [-0.2, 0) is 12.8 Å². The fraction of sp³-hybridized carbons (Fsp3) is 0.500. The average molecular weight is 387 g/mol. The Kier molecular flexibility index (Phi) is 5.48. The first-order valence-corrected chi connectivity index (χ1v) is 10.8. The molecule has 2 aromatic rings. The Hall–Kier alpha value is -1.88. The highest BCUT2D eigenvalue weighted by Gasteiger charge is 2.27. The maximum Gasteiger partial charge on any atom is 0.263 e. The minimum absolute atomic E-state index is 0.174. The van der Waals surface area contributed by atoms with Gasteiger partial charge in [0.25, 0.3) is 5.91 Å². The summed E-state index contributed by atoms with van der Waals surface area (Å²) in [5, 5.41) is 0. The number of fused-ring (bicyclic) bond motifs is 1. The number of hydrogen-bond donors (Lipinski definition) is 0.